The van der Waals surface area contributed by atoms with Crippen molar-refractivity contribution in [3.05, 3.63) is 29.8 Å². The summed E-state index contributed by atoms with van der Waals surface area (Å²) in [6.07, 6.45) is 4.91. The van der Waals surface area contributed by atoms with E-state index < -0.39 is 11.6 Å². The Hall–Kier alpha value is -2.57. The van der Waals surface area contributed by atoms with Gasteiger partial charge < -0.3 is 15.4 Å². The molecule has 1 aromatic rings. The summed E-state index contributed by atoms with van der Waals surface area (Å²) in [4.78, 5) is 38.6. The molecule has 2 fully saturated rings. The third-order valence-corrected chi connectivity index (χ3v) is 5.52. The van der Waals surface area contributed by atoms with Crippen LogP contribution in [0.25, 0.3) is 0 Å². The predicted octanol–water partition coefficient (Wildman–Crippen LogP) is 2.52. The number of carbonyl (C=O) groups excluding carboxylic acids is 3. The molecule has 3 rings (SSSR count). The molecule has 7 heteroatoms. The van der Waals surface area contributed by atoms with Crippen molar-refractivity contribution in [2.75, 3.05) is 13.7 Å². The molecule has 1 aliphatic heterocycles. The molecule has 1 aromatic carbocycles. The highest BCUT2D eigenvalue weighted by molar-refractivity contribution is 6.09. The van der Waals surface area contributed by atoms with E-state index in [9.17, 15) is 14.4 Å². The van der Waals surface area contributed by atoms with Gasteiger partial charge >= 0.3 is 6.03 Å². The predicted molar refractivity (Wildman–Crippen MR) is 100 cm³/mol. The Morgan fingerprint density at radius 1 is 1.22 bits per heavy atom. The second-order valence-electron chi connectivity index (χ2n) is 7.27. The number of benzene rings is 1. The van der Waals surface area contributed by atoms with Gasteiger partial charge in [0.2, 0.25) is 5.91 Å². The standard InChI is InChI=1S/C20H27N3O4/c1-3-16(14-7-9-15(27-2)10-8-14)21-17(24)13-23-18(25)20(22-19(23)26)11-5-4-6-12-20/h7-10,16H,3-6,11-13H2,1-2H3,(H,21,24)(H,22,26)/t16-/m0/s1. The molecular weight excluding hydrogens is 346 g/mol. The van der Waals surface area contributed by atoms with Crippen molar-refractivity contribution in [3.8, 4) is 5.75 Å². The third kappa shape index (κ3) is 3.91. The fraction of sp³-hybridized carbons (Fsp3) is 0.550. The Bertz CT molecular complexity index is 710. The number of ether oxygens (including phenoxy) is 1. The zero-order valence-corrected chi connectivity index (χ0v) is 15.9. The summed E-state index contributed by atoms with van der Waals surface area (Å²) in [6, 6.07) is 6.83. The summed E-state index contributed by atoms with van der Waals surface area (Å²) >= 11 is 0. The molecule has 1 spiro atoms. The molecule has 2 N–H and O–H groups in total. The van der Waals surface area contributed by atoms with Crippen LogP contribution < -0.4 is 15.4 Å². The average Bonchev–Trinajstić information content (AvgIpc) is 2.90. The van der Waals surface area contributed by atoms with Gasteiger partial charge in [-0.25, -0.2) is 4.79 Å². The molecule has 0 unspecified atom stereocenters. The van der Waals surface area contributed by atoms with Crippen molar-refractivity contribution in [3.63, 3.8) is 0 Å². The monoisotopic (exact) mass is 373 g/mol. The first-order chi connectivity index (χ1) is 13.0. The molecule has 146 valence electrons. The van der Waals surface area contributed by atoms with E-state index in [4.69, 9.17) is 4.74 Å². The van der Waals surface area contributed by atoms with E-state index in [0.29, 0.717) is 19.3 Å². The maximum Gasteiger partial charge on any atom is 0.325 e. The van der Waals surface area contributed by atoms with Gasteiger partial charge in [0, 0.05) is 0 Å². The number of urea groups is 1. The Morgan fingerprint density at radius 3 is 2.48 bits per heavy atom. The number of hydrogen-bond donors (Lipinski definition) is 2. The van der Waals surface area contributed by atoms with Crippen LogP contribution in [-0.4, -0.2) is 41.9 Å². The van der Waals surface area contributed by atoms with Crippen LogP contribution >= 0.6 is 0 Å². The summed E-state index contributed by atoms with van der Waals surface area (Å²) in [5.74, 6) is 0.144. The van der Waals surface area contributed by atoms with Gasteiger partial charge in [-0.15, -0.1) is 0 Å². The normalized spacial score (nSPS) is 19.7. The highest BCUT2D eigenvalue weighted by atomic mass is 16.5. The first-order valence-electron chi connectivity index (χ1n) is 9.56. The van der Waals surface area contributed by atoms with Gasteiger partial charge in [-0.05, 0) is 37.0 Å². The second-order valence-corrected chi connectivity index (χ2v) is 7.27. The molecule has 0 bridgehead atoms. The second kappa shape index (κ2) is 7.98. The van der Waals surface area contributed by atoms with E-state index in [2.05, 4.69) is 10.6 Å². The quantitative estimate of drug-likeness (QED) is 0.750. The van der Waals surface area contributed by atoms with Crippen molar-refractivity contribution in [2.24, 2.45) is 0 Å². The number of methoxy groups -OCH3 is 1. The minimum absolute atomic E-state index is 0.187. The smallest absolute Gasteiger partial charge is 0.325 e. The Kier molecular flexibility index (Phi) is 5.68. The lowest BCUT2D eigenvalue weighted by Gasteiger charge is -2.30. The van der Waals surface area contributed by atoms with Gasteiger partial charge in [0.1, 0.15) is 17.8 Å². The molecule has 1 saturated carbocycles. The first kappa shape index (κ1) is 19.2. The topological polar surface area (TPSA) is 87.7 Å². The van der Waals surface area contributed by atoms with Gasteiger partial charge in [0.25, 0.3) is 5.91 Å². The number of imide groups is 1. The molecule has 1 atom stereocenters. The number of hydrogen-bond acceptors (Lipinski definition) is 4. The highest BCUT2D eigenvalue weighted by Gasteiger charge is 2.51. The summed E-state index contributed by atoms with van der Waals surface area (Å²) in [5, 5.41) is 5.76. The Labute approximate surface area is 159 Å². The van der Waals surface area contributed by atoms with Crippen molar-refractivity contribution < 1.29 is 19.1 Å². The zero-order chi connectivity index (χ0) is 19.4. The molecule has 1 saturated heterocycles. The number of nitrogens with one attached hydrogen (secondary N) is 2. The van der Waals surface area contributed by atoms with Crippen molar-refractivity contribution in [2.45, 2.75) is 57.0 Å². The van der Waals surface area contributed by atoms with Crippen LogP contribution in [0.4, 0.5) is 4.79 Å². The van der Waals surface area contributed by atoms with Gasteiger partial charge in [0.15, 0.2) is 0 Å². The minimum atomic E-state index is -0.796. The highest BCUT2D eigenvalue weighted by Crippen LogP contribution is 2.33. The van der Waals surface area contributed by atoms with Crippen LogP contribution in [0.5, 0.6) is 5.75 Å². The molecule has 27 heavy (non-hydrogen) atoms. The first-order valence-corrected chi connectivity index (χ1v) is 9.56. The van der Waals surface area contributed by atoms with Gasteiger partial charge in [0.05, 0.1) is 13.2 Å². The van der Waals surface area contributed by atoms with E-state index >= 15 is 0 Å². The van der Waals surface area contributed by atoms with Crippen LogP contribution in [0.15, 0.2) is 24.3 Å². The summed E-state index contributed by atoms with van der Waals surface area (Å²) in [7, 11) is 1.60. The SMILES string of the molecule is CC[C@H](NC(=O)CN1C(=O)NC2(CCCCC2)C1=O)c1ccc(OC)cc1. The minimum Gasteiger partial charge on any atom is -0.497 e. The van der Waals surface area contributed by atoms with E-state index in [0.717, 1.165) is 35.5 Å². The molecule has 0 aromatic heterocycles. The number of amides is 4. The summed E-state index contributed by atoms with van der Waals surface area (Å²) < 4.78 is 5.15. The fourth-order valence-corrected chi connectivity index (χ4v) is 3.95. The molecule has 0 radical (unpaired) electrons. The number of rotatable bonds is 6. The van der Waals surface area contributed by atoms with Crippen LogP contribution in [0.2, 0.25) is 0 Å². The van der Waals surface area contributed by atoms with Crippen LogP contribution in [0, 0.1) is 0 Å². The lowest BCUT2D eigenvalue weighted by atomic mass is 9.82. The summed E-state index contributed by atoms with van der Waals surface area (Å²) in [5.41, 5.74) is 0.156. The fourth-order valence-electron chi connectivity index (χ4n) is 3.95. The van der Waals surface area contributed by atoms with Crippen molar-refractivity contribution >= 4 is 17.8 Å². The third-order valence-electron chi connectivity index (χ3n) is 5.52. The molecular formula is C20H27N3O4. The maximum atomic E-state index is 12.8. The van der Waals surface area contributed by atoms with Crippen molar-refractivity contribution in [1.29, 1.82) is 0 Å². The largest absolute Gasteiger partial charge is 0.497 e. The van der Waals surface area contributed by atoms with Crippen LogP contribution in [0.3, 0.4) is 0 Å². The van der Waals surface area contributed by atoms with E-state index in [1.54, 1.807) is 7.11 Å². The Morgan fingerprint density at radius 2 is 1.89 bits per heavy atom. The molecule has 1 aliphatic carbocycles. The number of nitrogens with zero attached hydrogens (tertiary/aromatic N) is 1. The molecule has 4 amide bonds. The zero-order valence-electron chi connectivity index (χ0n) is 15.9. The maximum absolute atomic E-state index is 12.8. The Balaban J connectivity index is 1.63. The van der Waals surface area contributed by atoms with E-state index in [1.807, 2.05) is 31.2 Å². The molecule has 7 nitrogen and oxygen atoms in total. The van der Waals surface area contributed by atoms with Crippen LogP contribution in [0.1, 0.15) is 57.1 Å². The lowest BCUT2D eigenvalue weighted by Crippen LogP contribution is -2.49. The average molecular weight is 373 g/mol. The molecule has 1 heterocycles. The molecule has 2 aliphatic rings. The van der Waals surface area contributed by atoms with E-state index in [-0.39, 0.29) is 24.4 Å². The number of carbonyl (C=O) groups is 3. The summed E-state index contributed by atoms with van der Waals surface area (Å²) in [6.45, 7) is 1.72. The lowest BCUT2D eigenvalue weighted by molar-refractivity contribution is -0.136. The van der Waals surface area contributed by atoms with Gasteiger partial charge in [-0.1, -0.05) is 38.3 Å². The van der Waals surface area contributed by atoms with Crippen molar-refractivity contribution in [1.82, 2.24) is 15.5 Å². The van der Waals surface area contributed by atoms with Gasteiger partial charge in [-0.3, -0.25) is 14.5 Å². The van der Waals surface area contributed by atoms with E-state index in [1.165, 1.54) is 0 Å². The van der Waals surface area contributed by atoms with Gasteiger partial charge in [-0.2, -0.15) is 0 Å². The van der Waals surface area contributed by atoms with Crippen LogP contribution in [-0.2, 0) is 9.59 Å².